The Kier molecular flexibility index (Phi) is 6.40. The lowest BCUT2D eigenvalue weighted by molar-refractivity contribution is -0.137. The van der Waals surface area contributed by atoms with Crippen LogP contribution in [0.25, 0.3) is 0 Å². The van der Waals surface area contributed by atoms with Crippen molar-refractivity contribution in [3.63, 3.8) is 0 Å². The van der Waals surface area contributed by atoms with Gasteiger partial charge in [-0.3, -0.25) is 9.59 Å². The predicted molar refractivity (Wildman–Crippen MR) is 88.0 cm³/mol. The third kappa shape index (κ3) is 5.25. The number of ether oxygens (including phenoxy) is 1. The Morgan fingerprint density at radius 1 is 1.35 bits per heavy atom. The number of amides is 2. The highest BCUT2D eigenvalue weighted by atomic mass is 16.5. The normalized spacial score (nSPS) is 17.7. The van der Waals surface area contributed by atoms with Crippen LogP contribution in [-0.2, 0) is 9.59 Å². The molecule has 0 radical (unpaired) electrons. The van der Waals surface area contributed by atoms with E-state index in [1.807, 2.05) is 31.2 Å². The summed E-state index contributed by atoms with van der Waals surface area (Å²) in [6, 6.07) is 7.58. The maximum Gasteiger partial charge on any atom is 0.260 e. The van der Waals surface area contributed by atoms with Crippen molar-refractivity contribution >= 4 is 11.8 Å². The Balaban J connectivity index is 1.81. The number of hydrogen-bond donors (Lipinski definition) is 2. The molecule has 2 amide bonds. The number of nitrogens with one attached hydrogen (secondary N) is 1. The smallest absolute Gasteiger partial charge is 0.260 e. The van der Waals surface area contributed by atoms with Gasteiger partial charge >= 0.3 is 0 Å². The fourth-order valence-electron chi connectivity index (χ4n) is 2.63. The minimum Gasteiger partial charge on any atom is -0.484 e. The molecule has 1 aliphatic rings. The SMILES string of the molecule is Cc1ccc(OCC(=O)N2CCCC(C(=O)NCCN)C2)cc1. The summed E-state index contributed by atoms with van der Waals surface area (Å²) in [6.45, 7) is 4.02. The van der Waals surface area contributed by atoms with Gasteiger partial charge < -0.3 is 20.7 Å². The first-order valence-electron chi connectivity index (χ1n) is 8.05. The lowest BCUT2D eigenvalue weighted by Crippen LogP contribution is -2.47. The van der Waals surface area contributed by atoms with E-state index in [-0.39, 0.29) is 24.3 Å². The van der Waals surface area contributed by atoms with E-state index in [4.69, 9.17) is 10.5 Å². The maximum atomic E-state index is 12.3. The molecule has 0 aromatic heterocycles. The zero-order valence-corrected chi connectivity index (χ0v) is 13.6. The van der Waals surface area contributed by atoms with Gasteiger partial charge in [0.1, 0.15) is 5.75 Å². The van der Waals surface area contributed by atoms with E-state index in [1.165, 1.54) is 0 Å². The zero-order valence-electron chi connectivity index (χ0n) is 13.6. The van der Waals surface area contributed by atoms with Crippen molar-refractivity contribution in [1.82, 2.24) is 10.2 Å². The second kappa shape index (κ2) is 8.53. The van der Waals surface area contributed by atoms with Crippen molar-refractivity contribution in [1.29, 1.82) is 0 Å². The van der Waals surface area contributed by atoms with Crippen molar-refractivity contribution in [2.75, 3.05) is 32.8 Å². The molecule has 0 spiro atoms. The summed E-state index contributed by atoms with van der Waals surface area (Å²) in [5.41, 5.74) is 6.53. The van der Waals surface area contributed by atoms with Crippen LogP contribution in [0.1, 0.15) is 18.4 Å². The summed E-state index contributed by atoms with van der Waals surface area (Å²) >= 11 is 0. The highest BCUT2D eigenvalue weighted by Crippen LogP contribution is 2.17. The number of nitrogens with two attached hydrogens (primary N) is 1. The van der Waals surface area contributed by atoms with Crippen LogP contribution >= 0.6 is 0 Å². The molecule has 6 nitrogen and oxygen atoms in total. The predicted octanol–water partition coefficient (Wildman–Crippen LogP) is 0.687. The highest BCUT2D eigenvalue weighted by Gasteiger charge is 2.28. The number of carbonyl (C=O) groups excluding carboxylic acids is 2. The monoisotopic (exact) mass is 319 g/mol. The van der Waals surface area contributed by atoms with Gasteiger partial charge in [0.25, 0.3) is 5.91 Å². The van der Waals surface area contributed by atoms with E-state index < -0.39 is 0 Å². The average molecular weight is 319 g/mol. The number of hydrogen-bond acceptors (Lipinski definition) is 4. The maximum absolute atomic E-state index is 12.3. The van der Waals surface area contributed by atoms with Gasteiger partial charge in [-0.25, -0.2) is 0 Å². The van der Waals surface area contributed by atoms with Gasteiger partial charge in [0.05, 0.1) is 5.92 Å². The van der Waals surface area contributed by atoms with Crippen molar-refractivity contribution in [2.45, 2.75) is 19.8 Å². The van der Waals surface area contributed by atoms with E-state index in [9.17, 15) is 9.59 Å². The number of nitrogens with zero attached hydrogens (tertiary/aromatic N) is 1. The molecule has 0 aliphatic carbocycles. The van der Waals surface area contributed by atoms with Crippen LogP contribution in [0.5, 0.6) is 5.75 Å². The molecule has 1 aromatic carbocycles. The van der Waals surface area contributed by atoms with Crippen molar-refractivity contribution in [3.05, 3.63) is 29.8 Å². The Bertz CT molecular complexity index is 530. The Labute approximate surface area is 137 Å². The van der Waals surface area contributed by atoms with Crippen LogP contribution in [0.15, 0.2) is 24.3 Å². The molecule has 2 rings (SSSR count). The minimum atomic E-state index is -0.154. The summed E-state index contributed by atoms with van der Waals surface area (Å²) in [4.78, 5) is 26.0. The molecule has 1 aromatic rings. The molecular weight excluding hydrogens is 294 g/mol. The number of benzene rings is 1. The molecule has 0 bridgehead atoms. The van der Waals surface area contributed by atoms with Crippen molar-refractivity contribution in [3.8, 4) is 5.75 Å². The minimum absolute atomic E-state index is 0.000198. The van der Waals surface area contributed by atoms with Crippen LogP contribution in [0.2, 0.25) is 0 Å². The number of carbonyl (C=O) groups is 2. The molecule has 1 unspecified atom stereocenters. The first-order valence-corrected chi connectivity index (χ1v) is 8.05. The highest BCUT2D eigenvalue weighted by molar-refractivity contribution is 5.81. The largest absolute Gasteiger partial charge is 0.484 e. The number of aryl methyl sites for hydroxylation is 1. The molecule has 1 atom stereocenters. The van der Waals surface area contributed by atoms with E-state index >= 15 is 0 Å². The zero-order chi connectivity index (χ0) is 16.7. The van der Waals surface area contributed by atoms with Gasteiger partial charge in [-0.15, -0.1) is 0 Å². The molecular formula is C17H25N3O3. The summed E-state index contributed by atoms with van der Waals surface area (Å²) in [6.07, 6.45) is 1.63. The third-order valence-electron chi connectivity index (χ3n) is 3.97. The molecule has 3 N–H and O–H groups in total. The lowest BCUT2D eigenvalue weighted by atomic mass is 9.97. The number of rotatable bonds is 6. The third-order valence-corrected chi connectivity index (χ3v) is 3.97. The van der Waals surface area contributed by atoms with E-state index in [1.54, 1.807) is 4.90 Å². The van der Waals surface area contributed by atoms with E-state index in [2.05, 4.69) is 5.32 Å². The Morgan fingerprint density at radius 2 is 2.09 bits per heavy atom. The molecule has 1 fully saturated rings. The second-order valence-corrected chi connectivity index (χ2v) is 5.86. The topological polar surface area (TPSA) is 84.7 Å². The van der Waals surface area contributed by atoms with Gasteiger partial charge in [-0.05, 0) is 31.9 Å². The van der Waals surface area contributed by atoms with Gasteiger partial charge in [-0.1, -0.05) is 17.7 Å². The van der Waals surface area contributed by atoms with Gasteiger partial charge in [0, 0.05) is 26.2 Å². The van der Waals surface area contributed by atoms with Crippen LogP contribution in [0.3, 0.4) is 0 Å². The molecule has 1 aliphatic heterocycles. The van der Waals surface area contributed by atoms with Gasteiger partial charge in [-0.2, -0.15) is 0 Å². The summed E-state index contributed by atoms with van der Waals surface area (Å²) < 4.78 is 5.53. The van der Waals surface area contributed by atoms with E-state index in [0.717, 1.165) is 18.4 Å². The van der Waals surface area contributed by atoms with Gasteiger partial charge in [0.15, 0.2) is 6.61 Å². The van der Waals surface area contributed by atoms with Crippen LogP contribution in [0.4, 0.5) is 0 Å². The van der Waals surface area contributed by atoms with Crippen LogP contribution in [-0.4, -0.2) is 49.5 Å². The lowest BCUT2D eigenvalue weighted by Gasteiger charge is -2.32. The van der Waals surface area contributed by atoms with Crippen molar-refractivity contribution < 1.29 is 14.3 Å². The fraction of sp³-hybridized carbons (Fsp3) is 0.529. The van der Waals surface area contributed by atoms with Gasteiger partial charge in [0.2, 0.25) is 5.91 Å². The first-order chi connectivity index (χ1) is 11.1. The van der Waals surface area contributed by atoms with E-state index in [0.29, 0.717) is 31.9 Å². The Morgan fingerprint density at radius 3 is 2.78 bits per heavy atom. The first kappa shape index (κ1) is 17.3. The molecule has 126 valence electrons. The summed E-state index contributed by atoms with van der Waals surface area (Å²) in [5.74, 6) is 0.422. The quantitative estimate of drug-likeness (QED) is 0.808. The van der Waals surface area contributed by atoms with Crippen LogP contribution < -0.4 is 15.8 Å². The summed E-state index contributed by atoms with van der Waals surface area (Å²) in [5, 5.41) is 2.79. The molecule has 0 saturated carbocycles. The average Bonchev–Trinajstić information content (AvgIpc) is 2.59. The molecule has 23 heavy (non-hydrogen) atoms. The fourth-order valence-corrected chi connectivity index (χ4v) is 2.63. The summed E-state index contributed by atoms with van der Waals surface area (Å²) in [7, 11) is 0. The standard InChI is InChI=1S/C17H25N3O3/c1-13-4-6-15(7-5-13)23-12-16(21)20-10-2-3-14(11-20)17(22)19-9-8-18/h4-7,14H,2-3,8-12,18H2,1H3,(H,19,22). The molecule has 1 heterocycles. The Hall–Kier alpha value is -2.08. The number of piperidine rings is 1. The van der Waals surface area contributed by atoms with Crippen molar-refractivity contribution in [2.24, 2.45) is 11.7 Å². The number of likely N-dealkylation sites (tertiary alicyclic amines) is 1. The second-order valence-electron chi connectivity index (χ2n) is 5.86. The molecule has 6 heteroatoms. The van der Waals surface area contributed by atoms with Crippen LogP contribution in [0, 0.1) is 12.8 Å². The molecule has 1 saturated heterocycles.